The molecule has 100 valence electrons. The van der Waals surface area contributed by atoms with Crippen LogP contribution < -0.4 is 5.32 Å². The fourth-order valence-corrected chi connectivity index (χ4v) is 2.86. The Morgan fingerprint density at radius 3 is 2.79 bits per heavy atom. The topological polar surface area (TPSA) is 69.6 Å². The van der Waals surface area contributed by atoms with E-state index in [2.05, 4.69) is 5.32 Å². The minimum Gasteiger partial charge on any atom is -0.372 e. The smallest absolute Gasteiger partial charge is 0.254 e. The zero-order valence-corrected chi connectivity index (χ0v) is 10.5. The van der Waals surface area contributed by atoms with Crippen molar-refractivity contribution in [1.82, 2.24) is 10.2 Å². The Labute approximate surface area is 111 Å². The summed E-state index contributed by atoms with van der Waals surface area (Å²) in [4.78, 5) is 25.3. The SMILES string of the molecule is O=C1CC[C@H](N2CCc3ccccc3C2=O)C(O)N1. The van der Waals surface area contributed by atoms with Gasteiger partial charge in [0.2, 0.25) is 5.91 Å². The molecule has 2 atom stereocenters. The van der Waals surface area contributed by atoms with Crippen molar-refractivity contribution in [1.29, 1.82) is 0 Å². The number of carbonyl (C=O) groups excluding carboxylic acids is 2. The number of nitrogens with one attached hydrogen (secondary N) is 1. The summed E-state index contributed by atoms with van der Waals surface area (Å²) < 4.78 is 0. The van der Waals surface area contributed by atoms with Crippen molar-refractivity contribution in [3.05, 3.63) is 35.4 Å². The van der Waals surface area contributed by atoms with Gasteiger partial charge in [-0.3, -0.25) is 9.59 Å². The second-order valence-corrected chi connectivity index (χ2v) is 5.02. The Morgan fingerprint density at radius 1 is 1.21 bits per heavy atom. The van der Waals surface area contributed by atoms with Crippen LogP contribution >= 0.6 is 0 Å². The maximum atomic E-state index is 12.4. The number of piperidine rings is 1. The van der Waals surface area contributed by atoms with Crippen LogP contribution in [0.15, 0.2) is 24.3 Å². The van der Waals surface area contributed by atoms with Gasteiger partial charge < -0.3 is 15.3 Å². The van der Waals surface area contributed by atoms with E-state index in [0.717, 1.165) is 12.0 Å². The average Bonchev–Trinajstić information content (AvgIpc) is 2.41. The lowest BCUT2D eigenvalue weighted by atomic mass is 9.95. The normalized spacial score (nSPS) is 26.9. The van der Waals surface area contributed by atoms with Crippen LogP contribution in [0.1, 0.15) is 28.8 Å². The zero-order valence-electron chi connectivity index (χ0n) is 10.5. The first-order chi connectivity index (χ1) is 9.16. The first-order valence-electron chi connectivity index (χ1n) is 6.53. The molecule has 1 aromatic carbocycles. The molecule has 2 N–H and O–H groups in total. The number of hydrogen-bond acceptors (Lipinski definition) is 3. The minimum atomic E-state index is -0.963. The van der Waals surface area contributed by atoms with Gasteiger partial charge in [-0.25, -0.2) is 0 Å². The molecule has 5 nitrogen and oxygen atoms in total. The van der Waals surface area contributed by atoms with Gasteiger partial charge in [0.25, 0.3) is 5.91 Å². The Hall–Kier alpha value is -1.88. The molecule has 2 amide bonds. The first kappa shape index (κ1) is 12.2. The van der Waals surface area contributed by atoms with Gasteiger partial charge in [-0.05, 0) is 24.5 Å². The predicted octanol–water partition coefficient (Wildman–Crippen LogP) is 0.282. The van der Waals surface area contributed by atoms with E-state index in [1.165, 1.54) is 0 Å². The number of aliphatic hydroxyl groups excluding tert-OH is 1. The number of nitrogens with zero attached hydrogens (tertiary/aromatic N) is 1. The maximum Gasteiger partial charge on any atom is 0.254 e. The van der Waals surface area contributed by atoms with Crippen molar-refractivity contribution in [3.63, 3.8) is 0 Å². The summed E-state index contributed by atoms with van der Waals surface area (Å²) in [6, 6.07) is 7.23. The van der Waals surface area contributed by atoms with Crippen LogP contribution in [-0.4, -0.2) is 40.6 Å². The number of carbonyl (C=O) groups is 2. The van der Waals surface area contributed by atoms with E-state index in [1.54, 1.807) is 4.90 Å². The lowest BCUT2D eigenvalue weighted by Crippen LogP contribution is -2.58. The van der Waals surface area contributed by atoms with Gasteiger partial charge in [0, 0.05) is 18.5 Å². The third-order valence-electron chi connectivity index (χ3n) is 3.87. The fourth-order valence-electron chi connectivity index (χ4n) is 2.86. The fraction of sp³-hybridized carbons (Fsp3) is 0.429. The summed E-state index contributed by atoms with van der Waals surface area (Å²) >= 11 is 0. The number of benzene rings is 1. The molecular weight excluding hydrogens is 244 g/mol. The number of rotatable bonds is 1. The standard InChI is InChI=1S/C14H16N2O3/c17-12-6-5-11(13(18)15-12)16-8-7-9-3-1-2-4-10(9)14(16)19/h1-4,11,13,18H,5-8H2,(H,15,17)/t11-,13?/m0/s1. The van der Waals surface area contributed by atoms with Crippen LogP contribution in [0, 0.1) is 0 Å². The van der Waals surface area contributed by atoms with Crippen LogP contribution in [0.3, 0.4) is 0 Å². The van der Waals surface area contributed by atoms with E-state index in [0.29, 0.717) is 24.9 Å². The third kappa shape index (κ3) is 2.10. The number of hydrogen-bond donors (Lipinski definition) is 2. The Bertz CT molecular complexity index is 529. The Morgan fingerprint density at radius 2 is 2.00 bits per heavy atom. The Kier molecular flexibility index (Phi) is 2.98. The summed E-state index contributed by atoms with van der Waals surface area (Å²) in [5.74, 6) is -0.212. The molecule has 1 unspecified atom stereocenters. The van der Waals surface area contributed by atoms with E-state index in [4.69, 9.17) is 0 Å². The highest BCUT2D eigenvalue weighted by molar-refractivity contribution is 5.97. The van der Waals surface area contributed by atoms with Crippen LogP contribution in [-0.2, 0) is 11.2 Å². The van der Waals surface area contributed by atoms with Gasteiger partial charge in [0.05, 0.1) is 6.04 Å². The number of amides is 2. The van der Waals surface area contributed by atoms with Crippen molar-refractivity contribution in [2.45, 2.75) is 31.5 Å². The summed E-state index contributed by atoms with van der Waals surface area (Å²) in [5.41, 5.74) is 1.76. The van der Waals surface area contributed by atoms with Crippen molar-refractivity contribution < 1.29 is 14.7 Å². The molecule has 2 aliphatic rings. The second-order valence-electron chi connectivity index (χ2n) is 5.02. The first-order valence-corrected chi connectivity index (χ1v) is 6.53. The van der Waals surface area contributed by atoms with Gasteiger partial charge in [-0.1, -0.05) is 18.2 Å². The van der Waals surface area contributed by atoms with Gasteiger partial charge in [0.1, 0.15) is 6.23 Å². The molecule has 2 heterocycles. The van der Waals surface area contributed by atoms with E-state index >= 15 is 0 Å². The summed E-state index contributed by atoms with van der Waals surface area (Å²) in [7, 11) is 0. The molecule has 1 aromatic rings. The van der Waals surface area contributed by atoms with E-state index in [1.807, 2.05) is 24.3 Å². The molecule has 0 saturated carbocycles. The molecule has 1 saturated heterocycles. The number of fused-ring (bicyclic) bond motifs is 1. The minimum absolute atomic E-state index is 0.0537. The van der Waals surface area contributed by atoms with Crippen molar-refractivity contribution in [3.8, 4) is 0 Å². The molecule has 0 aromatic heterocycles. The van der Waals surface area contributed by atoms with Crippen LogP contribution in [0.2, 0.25) is 0 Å². The maximum absolute atomic E-state index is 12.4. The van der Waals surface area contributed by atoms with Gasteiger partial charge >= 0.3 is 0 Å². The monoisotopic (exact) mass is 260 g/mol. The van der Waals surface area contributed by atoms with E-state index in [9.17, 15) is 14.7 Å². The highest BCUT2D eigenvalue weighted by Crippen LogP contribution is 2.24. The van der Waals surface area contributed by atoms with Crippen molar-refractivity contribution in [2.75, 3.05) is 6.54 Å². The predicted molar refractivity (Wildman–Crippen MR) is 68.4 cm³/mol. The molecule has 5 heteroatoms. The van der Waals surface area contributed by atoms with Gasteiger partial charge in [0.15, 0.2) is 0 Å². The van der Waals surface area contributed by atoms with Crippen LogP contribution in [0.5, 0.6) is 0 Å². The highest BCUT2D eigenvalue weighted by atomic mass is 16.3. The van der Waals surface area contributed by atoms with E-state index in [-0.39, 0.29) is 17.9 Å². The molecule has 0 aliphatic carbocycles. The molecule has 2 aliphatic heterocycles. The highest BCUT2D eigenvalue weighted by Gasteiger charge is 2.36. The van der Waals surface area contributed by atoms with Crippen LogP contribution in [0.4, 0.5) is 0 Å². The molecule has 0 radical (unpaired) electrons. The lowest BCUT2D eigenvalue weighted by Gasteiger charge is -2.40. The van der Waals surface area contributed by atoms with Gasteiger partial charge in [-0.2, -0.15) is 0 Å². The quantitative estimate of drug-likeness (QED) is 0.762. The summed E-state index contributed by atoms with van der Waals surface area (Å²) in [6.45, 7) is 0.591. The Balaban J connectivity index is 1.84. The summed E-state index contributed by atoms with van der Waals surface area (Å²) in [6.07, 6.45) is 0.697. The average molecular weight is 260 g/mol. The van der Waals surface area contributed by atoms with Gasteiger partial charge in [-0.15, -0.1) is 0 Å². The zero-order chi connectivity index (χ0) is 13.4. The third-order valence-corrected chi connectivity index (χ3v) is 3.87. The number of aliphatic hydroxyl groups is 1. The lowest BCUT2D eigenvalue weighted by molar-refractivity contribution is -0.129. The molecule has 0 bridgehead atoms. The summed E-state index contributed by atoms with van der Waals surface area (Å²) in [5, 5.41) is 12.4. The molecule has 19 heavy (non-hydrogen) atoms. The van der Waals surface area contributed by atoms with Crippen LogP contribution in [0.25, 0.3) is 0 Å². The second kappa shape index (κ2) is 4.66. The molecular formula is C14H16N2O3. The van der Waals surface area contributed by atoms with Crippen molar-refractivity contribution >= 4 is 11.8 Å². The molecule has 0 spiro atoms. The largest absolute Gasteiger partial charge is 0.372 e. The van der Waals surface area contributed by atoms with Crippen molar-refractivity contribution in [2.24, 2.45) is 0 Å². The molecule has 1 fully saturated rings. The van der Waals surface area contributed by atoms with E-state index < -0.39 is 6.23 Å². The molecule has 3 rings (SSSR count).